The summed E-state index contributed by atoms with van der Waals surface area (Å²) in [5.74, 6) is 2.06. The molecule has 0 atom stereocenters. The molecule has 2 rings (SSSR count). The summed E-state index contributed by atoms with van der Waals surface area (Å²) in [4.78, 5) is 6.70. The first-order valence-corrected chi connectivity index (χ1v) is 7.38. The second-order valence-electron chi connectivity index (χ2n) is 5.68. The average molecular weight is 279 g/mol. The Labute approximate surface area is 120 Å². The number of nitrogen functional groups attached to an aromatic ring is 1. The van der Waals surface area contributed by atoms with Gasteiger partial charge in [-0.25, -0.2) is 0 Å². The van der Waals surface area contributed by atoms with Crippen LogP contribution in [0.15, 0.2) is 12.1 Å². The topological polar surface area (TPSA) is 71.6 Å². The third kappa shape index (κ3) is 4.00. The molecule has 0 aliphatic heterocycles. The number of nitrogens with two attached hydrogens (primary N) is 1. The molecule has 1 aromatic rings. The van der Waals surface area contributed by atoms with Crippen LogP contribution in [0.3, 0.4) is 0 Å². The fourth-order valence-corrected chi connectivity index (χ4v) is 2.08. The Morgan fingerprint density at radius 3 is 2.80 bits per heavy atom. The van der Waals surface area contributed by atoms with E-state index in [0.717, 1.165) is 18.8 Å². The van der Waals surface area contributed by atoms with E-state index in [9.17, 15) is 0 Å². The second kappa shape index (κ2) is 6.79. The van der Waals surface area contributed by atoms with Crippen molar-refractivity contribution < 1.29 is 9.84 Å². The fourth-order valence-electron chi connectivity index (χ4n) is 2.08. The zero-order valence-electron chi connectivity index (χ0n) is 12.4. The maximum absolute atomic E-state index is 9.00. The molecule has 0 aromatic carbocycles. The molecule has 1 saturated carbocycles. The van der Waals surface area contributed by atoms with Crippen LogP contribution in [0.25, 0.3) is 0 Å². The van der Waals surface area contributed by atoms with Gasteiger partial charge in [0.1, 0.15) is 5.82 Å². The number of ether oxygens (including phenoxy) is 1. The van der Waals surface area contributed by atoms with Crippen LogP contribution in [-0.4, -0.2) is 35.9 Å². The van der Waals surface area contributed by atoms with Gasteiger partial charge in [0.2, 0.25) is 5.88 Å². The Bertz CT molecular complexity index is 433. The van der Waals surface area contributed by atoms with E-state index in [1.807, 2.05) is 12.1 Å². The summed E-state index contributed by atoms with van der Waals surface area (Å²) in [6.07, 6.45) is 3.21. The van der Waals surface area contributed by atoms with E-state index in [1.54, 1.807) is 0 Å². The van der Waals surface area contributed by atoms with E-state index in [2.05, 4.69) is 23.7 Å². The molecule has 0 radical (unpaired) electrons. The van der Waals surface area contributed by atoms with Crippen LogP contribution in [0, 0.1) is 5.92 Å². The number of hydrogen-bond donors (Lipinski definition) is 2. The highest BCUT2D eigenvalue weighted by Crippen LogP contribution is 2.31. The van der Waals surface area contributed by atoms with Crippen molar-refractivity contribution in [1.82, 2.24) is 4.98 Å². The van der Waals surface area contributed by atoms with Gasteiger partial charge in [0.25, 0.3) is 0 Å². The number of hydrogen-bond acceptors (Lipinski definition) is 5. The van der Waals surface area contributed by atoms with Gasteiger partial charge in [-0.2, -0.15) is 4.98 Å². The molecule has 1 aliphatic carbocycles. The van der Waals surface area contributed by atoms with Gasteiger partial charge in [-0.1, -0.05) is 0 Å². The number of rotatable bonds is 8. The van der Waals surface area contributed by atoms with E-state index in [1.165, 1.54) is 12.8 Å². The SMILES string of the molecule is CC(C)N(CCCO)c1ccc(N)c(OCC2CC2)n1. The standard InChI is InChI=1S/C15H25N3O2/c1-11(2)18(8-3-9-19)14-7-6-13(16)15(17-14)20-10-12-4-5-12/h6-7,11-12,19H,3-5,8-10,16H2,1-2H3. The second-order valence-corrected chi connectivity index (χ2v) is 5.68. The minimum absolute atomic E-state index is 0.184. The van der Waals surface area contributed by atoms with Crippen molar-refractivity contribution in [1.29, 1.82) is 0 Å². The van der Waals surface area contributed by atoms with Gasteiger partial charge in [-0.15, -0.1) is 0 Å². The summed E-state index contributed by atoms with van der Waals surface area (Å²) in [6.45, 7) is 5.88. The first-order valence-electron chi connectivity index (χ1n) is 7.38. The monoisotopic (exact) mass is 279 g/mol. The van der Waals surface area contributed by atoms with Gasteiger partial charge in [0.15, 0.2) is 0 Å². The normalized spacial score (nSPS) is 14.6. The summed E-state index contributed by atoms with van der Waals surface area (Å²) >= 11 is 0. The molecule has 0 bridgehead atoms. The lowest BCUT2D eigenvalue weighted by atomic mass is 10.2. The van der Waals surface area contributed by atoms with Gasteiger partial charge in [-0.05, 0) is 51.2 Å². The minimum atomic E-state index is 0.184. The summed E-state index contributed by atoms with van der Waals surface area (Å²) in [6, 6.07) is 4.07. The van der Waals surface area contributed by atoms with Gasteiger partial charge in [0.05, 0.1) is 12.3 Å². The predicted molar refractivity (Wildman–Crippen MR) is 81.1 cm³/mol. The first kappa shape index (κ1) is 14.9. The van der Waals surface area contributed by atoms with Crippen LogP contribution >= 0.6 is 0 Å². The molecule has 1 fully saturated rings. The van der Waals surface area contributed by atoms with Gasteiger partial charge < -0.3 is 20.5 Å². The first-order chi connectivity index (χ1) is 9.61. The third-order valence-electron chi connectivity index (χ3n) is 3.50. The predicted octanol–water partition coefficient (Wildman–Crippen LogP) is 2.05. The number of aliphatic hydroxyl groups is 1. The number of pyridine rings is 1. The summed E-state index contributed by atoms with van der Waals surface area (Å²) < 4.78 is 5.72. The highest BCUT2D eigenvalue weighted by molar-refractivity contribution is 5.54. The lowest BCUT2D eigenvalue weighted by Crippen LogP contribution is -2.33. The molecule has 1 aliphatic rings. The van der Waals surface area contributed by atoms with E-state index < -0.39 is 0 Å². The minimum Gasteiger partial charge on any atom is -0.476 e. The van der Waals surface area contributed by atoms with E-state index in [4.69, 9.17) is 15.6 Å². The molecule has 5 heteroatoms. The van der Waals surface area contributed by atoms with Crippen molar-refractivity contribution in [3.05, 3.63) is 12.1 Å². The Hall–Kier alpha value is -1.49. The van der Waals surface area contributed by atoms with Crippen LogP contribution in [0.4, 0.5) is 11.5 Å². The Kier molecular flexibility index (Phi) is 5.06. The molecule has 5 nitrogen and oxygen atoms in total. The molecular formula is C15H25N3O2. The molecule has 0 unspecified atom stereocenters. The molecule has 0 spiro atoms. The maximum atomic E-state index is 9.00. The Balaban J connectivity index is 2.09. The molecule has 20 heavy (non-hydrogen) atoms. The number of aromatic nitrogens is 1. The van der Waals surface area contributed by atoms with Crippen molar-refractivity contribution in [2.45, 2.75) is 39.2 Å². The molecule has 3 N–H and O–H groups in total. The van der Waals surface area contributed by atoms with Gasteiger partial charge >= 0.3 is 0 Å². The van der Waals surface area contributed by atoms with Crippen LogP contribution < -0.4 is 15.4 Å². The smallest absolute Gasteiger partial charge is 0.239 e. The summed E-state index contributed by atoms with van der Waals surface area (Å²) in [5.41, 5.74) is 6.51. The zero-order chi connectivity index (χ0) is 14.5. The van der Waals surface area contributed by atoms with Crippen LogP contribution in [0.5, 0.6) is 5.88 Å². The number of nitrogens with zero attached hydrogens (tertiary/aromatic N) is 2. The van der Waals surface area contributed by atoms with E-state index in [-0.39, 0.29) is 6.61 Å². The number of anilines is 2. The maximum Gasteiger partial charge on any atom is 0.239 e. The quantitative estimate of drug-likeness (QED) is 0.762. The van der Waals surface area contributed by atoms with Crippen molar-refractivity contribution in [2.75, 3.05) is 30.4 Å². The van der Waals surface area contributed by atoms with Crippen molar-refractivity contribution in [3.63, 3.8) is 0 Å². The van der Waals surface area contributed by atoms with Gasteiger partial charge in [-0.3, -0.25) is 0 Å². The van der Waals surface area contributed by atoms with Crippen molar-refractivity contribution >= 4 is 11.5 Å². The number of aliphatic hydroxyl groups excluding tert-OH is 1. The van der Waals surface area contributed by atoms with Crippen LogP contribution in [0.2, 0.25) is 0 Å². The van der Waals surface area contributed by atoms with E-state index >= 15 is 0 Å². The van der Waals surface area contributed by atoms with Gasteiger partial charge in [0, 0.05) is 19.2 Å². The highest BCUT2D eigenvalue weighted by atomic mass is 16.5. The highest BCUT2D eigenvalue weighted by Gasteiger charge is 2.23. The zero-order valence-corrected chi connectivity index (χ0v) is 12.4. The van der Waals surface area contributed by atoms with E-state index in [0.29, 0.717) is 30.1 Å². The van der Waals surface area contributed by atoms with Crippen LogP contribution in [-0.2, 0) is 0 Å². The largest absolute Gasteiger partial charge is 0.476 e. The Morgan fingerprint density at radius 2 is 2.20 bits per heavy atom. The molecular weight excluding hydrogens is 254 g/mol. The third-order valence-corrected chi connectivity index (χ3v) is 3.50. The average Bonchev–Trinajstić information content (AvgIpc) is 3.23. The van der Waals surface area contributed by atoms with Crippen LogP contribution in [0.1, 0.15) is 33.1 Å². The molecule has 1 heterocycles. The molecule has 112 valence electrons. The van der Waals surface area contributed by atoms with Crippen molar-refractivity contribution in [3.8, 4) is 5.88 Å². The lowest BCUT2D eigenvalue weighted by Gasteiger charge is -2.28. The molecule has 0 saturated heterocycles. The Morgan fingerprint density at radius 1 is 1.45 bits per heavy atom. The fraction of sp³-hybridized carbons (Fsp3) is 0.667. The molecule has 1 aromatic heterocycles. The summed E-state index contributed by atoms with van der Waals surface area (Å²) in [7, 11) is 0. The lowest BCUT2D eigenvalue weighted by molar-refractivity contribution is 0.286. The summed E-state index contributed by atoms with van der Waals surface area (Å²) in [5, 5.41) is 9.00. The molecule has 0 amide bonds. The van der Waals surface area contributed by atoms with Crippen molar-refractivity contribution in [2.24, 2.45) is 5.92 Å².